The Morgan fingerprint density at radius 3 is 2.76 bits per heavy atom. The summed E-state index contributed by atoms with van der Waals surface area (Å²) in [5.41, 5.74) is 2.22. The number of nitrogens with one attached hydrogen (secondary N) is 2. The van der Waals surface area contributed by atoms with Gasteiger partial charge in [-0.3, -0.25) is 0 Å². The van der Waals surface area contributed by atoms with Crippen LogP contribution in [0.15, 0.2) is 23.2 Å². The molecule has 2 N–H and O–H groups in total. The molecule has 5 heteroatoms. The lowest BCUT2D eigenvalue weighted by Crippen LogP contribution is -2.05. The maximum atomic E-state index is 4.32. The van der Waals surface area contributed by atoms with Gasteiger partial charge in [0.05, 0.1) is 5.69 Å². The number of aromatic nitrogens is 2. The van der Waals surface area contributed by atoms with E-state index in [4.69, 9.17) is 0 Å². The molecule has 2 aromatic rings. The summed E-state index contributed by atoms with van der Waals surface area (Å²) in [6, 6.07) is 2.04. The van der Waals surface area contributed by atoms with Gasteiger partial charge in [0.25, 0.3) is 0 Å². The van der Waals surface area contributed by atoms with E-state index in [9.17, 15) is 0 Å². The maximum Gasteiger partial charge on any atom is 0.139 e. The van der Waals surface area contributed by atoms with Crippen LogP contribution >= 0.6 is 11.3 Å². The Morgan fingerprint density at radius 2 is 2.12 bits per heavy atom. The zero-order valence-corrected chi connectivity index (χ0v) is 10.8. The van der Waals surface area contributed by atoms with E-state index < -0.39 is 0 Å². The molecule has 2 aromatic heterocycles. The van der Waals surface area contributed by atoms with Gasteiger partial charge in [-0.2, -0.15) is 11.3 Å². The van der Waals surface area contributed by atoms with Crippen molar-refractivity contribution in [1.29, 1.82) is 0 Å². The fraction of sp³-hybridized carbons (Fsp3) is 0.333. The van der Waals surface area contributed by atoms with Crippen molar-refractivity contribution in [3.63, 3.8) is 0 Å². The molecular weight excluding hydrogens is 232 g/mol. The second-order valence-corrected chi connectivity index (χ2v) is 4.47. The zero-order chi connectivity index (χ0) is 12.1. The summed E-state index contributed by atoms with van der Waals surface area (Å²) in [7, 11) is 1.88. The van der Waals surface area contributed by atoms with E-state index in [0.29, 0.717) is 0 Å². The van der Waals surface area contributed by atoms with Crippen LogP contribution < -0.4 is 10.6 Å². The standard InChI is InChI=1S/C12H16N4S/c1-3-4-10-11(13-2)14-8-15-12(10)16-9-5-6-17-7-9/h5-8H,3-4H2,1-2H3,(H2,13,14,15,16). The molecule has 4 nitrogen and oxygen atoms in total. The first-order chi connectivity index (χ1) is 8.35. The number of hydrogen-bond acceptors (Lipinski definition) is 5. The number of hydrogen-bond donors (Lipinski definition) is 2. The maximum absolute atomic E-state index is 4.32. The zero-order valence-electron chi connectivity index (χ0n) is 10.0. The van der Waals surface area contributed by atoms with Crippen molar-refractivity contribution >= 4 is 28.7 Å². The summed E-state index contributed by atoms with van der Waals surface area (Å²) in [5.74, 6) is 1.80. The summed E-state index contributed by atoms with van der Waals surface area (Å²) in [4.78, 5) is 8.57. The molecule has 90 valence electrons. The summed E-state index contributed by atoms with van der Waals surface area (Å²) in [5, 5.41) is 10.6. The summed E-state index contributed by atoms with van der Waals surface area (Å²) < 4.78 is 0. The number of thiophene rings is 1. The molecule has 0 radical (unpaired) electrons. The molecule has 0 amide bonds. The molecule has 2 heterocycles. The van der Waals surface area contributed by atoms with Crippen molar-refractivity contribution in [3.8, 4) is 0 Å². The lowest BCUT2D eigenvalue weighted by molar-refractivity contribution is 0.906. The molecule has 0 unspecified atom stereocenters. The Labute approximate surface area is 105 Å². The average Bonchev–Trinajstić information content (AvgIpc) is 2.84. The van der Waals surface area contributed by atoms with Crippen molar-refractivity contribution < 1.29 is 0 Å². The molecule has 0 aliphatic rings. The molecule has 0 saturated carbocycles. The Bertz CT molecular complexity index is 467. The molecule has 0 spiro atoms. The molecule has 0 atom stereocenters. The minimum atomic E-state index is 0.893. The van der Waals surface area contributed by atoms with Crippen LogP contribution in [0.25, 0.3) is 0 Å². The smallest absolute Gasteiger partial charge is 0.139 e. The van der Waals surface area contributed by atoms with Crippen LogP contribution in [0.2, 0.25) is 0 Å². The minimum Gasteiger partial charge on any atom is -0.373 e. The van der Waals surface area contributed by atoms with Crippen molar-refractivity contribution in [3.05, 3.63) is 28.7 Å². The van der Waals surface area contributed by atoms with E-state index in [2.05, 4.69) is 32.9 Å². The lowest BCUT2D eigenvalue weighted by atomic mass is 10.1. The van der Waals surface area contributed by atoms with Crippen LogP contribution in [-0.2, 0) is 6.42 Å². The highest BCUT2D eigenvalue weighted by Crippen LogP contribution is 2.25. The van der Waals surface area contributed by atoms with Crippen LogP contribution in [0.5, 0.6) is 0 Å². The summed E-state index contributed by atoms with van der Waals surface area (Å²) in [6.07, 6.45) is 3.61. The molecule has 0 aliphatic heterocycles. The Balaban J connectivity index is 2.31. The molecular formula is C12H16N4S. The highest BCUT2D eigenvalue weighted by molar-refractivity contribution is 7.08. The first kappa shape index (κ1) is 11.9. The van der Waals surface area contributed by atoms with Crippen LogP contribution in [0, 0.1) is 0 Å². The van der Waals surface area contributed by atoms with Crippen molar-refractivity contribution in [2.45, 2.75) is 19.8 Å². The van der Waals surface area contributed by atoms with Gasteiger partial charge in [0.15, 0.2) is 0 Å². The normalized spacial score (nSPS) is 10.2. The Kier molecular flexibility index (Phi) is 3.93. The molecule has 0 bridgehead atoms. The Morgan fingerprint density at radius 1 is 1.29 bits per heavy atom. The monoisotopic (exact) mass is 248 g/mol. The second kappa shape index (κ2) is 5.63. The lowest BCUT2D eigenvalue weighted by Gasteiger charge is -2.12. The van der Waals surface area contributed by atoms with Gasteiger partial charge in [-0.15, -0.1) is 0 Å². The molecule has 17 heavy (non-hydrogen) atoms. The minimum absolute atomic E-state index is 0.893. The van der Waals surface area contributed by atoms with Gasteiger partial charge in [0.1, 0.15) is 18.0 Å². The first-order valence-corrected chi connectivity index (χ1v) is 6.60. The predicted molar refractivity (Wildman–Crippen MR) is 73.2 cm³/mol. The van der Waals surface area contributed by atoms with Crippen LogP contribution in [0.3, 0.4) is 0 Å². The van der Waals surface area contributed by atoms with Gasteiger partial charge in [0.2, 0.25) is 0 Å². The van der Waals surface area contributed by atoms with E-state index in [-0.39, 0.29) is 0 Å². The van der Waals surface area contributed by atoms with Gasteiger partial charge >= 0.3 is 0 Å². The number of nitrogens with zero attached hydrogens (tertiary/aromatic N) is 2. The van der Waals surface area contributed by atoms with Gasteiger partial charge < -0.3 is 10.6 Å². The van der Waals surface area contributed by atoms with Crippen molar-refractivity contribution in [1.82, 2.24) is 9.97 Å². The van der Waals surface area contributed by atoms with Gasteiger partial charge in [0, 0.05) is 18.0 Å². The van der Waals surface area contributed by atoms with Crippen molar-refractivity contribution in [2.24, 2.45) is 0 Å². The van der Waals surface area contributed by atoms with Crippen LogP contribution in [0.4, 0.5) is 17.3 Å². The molecule has 0 aromatic carbocycles. The van der Waals surface area contributed by atoms with Crippen molar-refractivity contribution in [2.75, 3.05) is 17.7 Å². The molecule has 0 saturated heterocycles. The molecule has 2 rings (SSSR count). The quantitative estimate of drug-likeness (QED) is 0.852. The topological polar surface area (TPSA) is 49.8 Å². The fourth-order valence-corrected chi connectivity index (χ4v) is 2.28. The van der Waals surface area contributed by atoms with E-state index in [1.807, 2.05) is 18.5 Å². The third kappa shape index (κ3) is 2.74. The number of anilines is 3. The predicted octanol–water partition coefficient (Wildman–Crippen LogP) is 3.28. The first-order valence-electron chi connectivity index (χ1n) is 5.66. The third-order valence-corrected chi connectivity index (χ3v) is 3.15. The summed E-state index contributed by atoms with van der Waals surface area (Å²) in [6.45, 7) is 2.15. The van der Waals surface area contributed by atoms with E-state index >= 15 is 0 Å². The second-order valence-electron chi connectivity index (χ2n) is 3.69. The van der Waals surface area contributed by atoms with Gasteiger partial charge in [-0.05, 0) is 17.9 Å². The van der Waals surface area contributed by atoms with E-state index in [1.165, 1.54) is 0 Å². The van der Waals surface area contributed by atoms with Crippen LogP contribution in [-0.4, -0.2) is 17.0 Å². The summed E-state index contributed by atoms with van der Waals surface area (Å²) >= 11 is 1.67. The highest BCUT2D eigenvalue weighted by atomic mass is 32.1. The molecule has 0 fully saturated rings. The SMILES string of the molecule is CCCc1c(NC)ncnc1Nc1ccsc1. The Hall–Kier alpha value is -1.62. The van der Waals surface area contributed by atoms with Gasteiger partial charge in [-0.25, -0.2) is 9.97 Å². The van der Waals surface area contributed by atoms with Gasteiger partial charge in [-0.1, -0.05) is 13.3 Å². The highest BCUT2D eigenvalue weighted by Gasteiger charge is 2.09. The number of rotatable bonds is 5. The third-order valence-electron chi connectivity index (χ3n) is 2.47. The van der Waals surface area contributed by atoms with Crippen LogP contribution in [0.1, 0.15) is 18.9 Å². The fourth-order valence-electron chi connectivity index (χ4n) is 1.69. The van der Waals surface area contributed by atoms with E-state index in [1.54, 1.807) is 17.7 Å². The molecule has 0 aliphatic carbocycles. The average molecular weight is 248 g/mol. The van der Waals surface area contributed by atoms with E-state index in [0.717, 1.165) is 35.7 Å². The largest absolute Gasteiger partial charge is 0.373 e.